The summed E-state index contributed by atoms with van der Waals surface area (Å²) in [7, 11) is 0. The van der Waals surface area contributed by atoms with Crippen LogP contribution in [0.4, 0.5) is 0 Å². The Kier molecular flexibility index (Phi) is 4.75. The van der Waals surface area contributed by atoms with Crippen LogP contribution in [0.1, 0.15) is 0 Å². The molecule has 0 aliphatic heterocycles. The van der Waals surface area contributed by atoms with E-state index >= 15 is 0 Å². The Morgan fingerprint density at radius 2 is 2.44 bits per heavy atom. The molecule has 1 atom stereocenters. The molecule has 0 fully saturated rings. The molecule has 0 aliphatic rings. The summed E-state index contributed by atoms with van der Waals surface area (Å²) in [5.41, 5.74) is 2.36. The highest BCUT2D eigenvalue weighted by Crippen LogP contribution is 1.73. The maximum Gasteiger partial charge on any atom is 0.0996 e. The Labute approximate surface area is 55.6 Å². The van der Waals surface area contributed by atoms with Gasteiger partial charge >= 0.3 is 0 Å². The third-order valence-electron chi connectivity index (χ3n) is 0.485. The van der Waals surface area contributed by atoms with E-state index in [0.29, 0.717) is 0 Å². The van der Waals surface area contributed by atoms with Crippen molar-refractivity contribution in [2.45, 2.75) is 0 Å². The number of nitriles is 1. The fourth-order valence-corrected chi connectivity index (χ4v) is 0.445. The first-order valence-corrected chi connectivity index (χ1v) is 3.36. The molecule has 9 heavy (non-hydrogen) atoms. The predicted molar refractivity (Wildman–Crippen MR) is 32.1 cm³/mol. The van der Waals surface area contributed by atoms with Gasteiger partial charge in [-0.15, -0.1) is 5.73 Å². The highest BCUT2D eigenvalue weighted by atomic mass is 32.2. The molecule has 0 aromatic heterocycles. The molecule has 0 rings (SSSR count). The molecule has 0 radical (unpaired) electrons. The summed E-state index contributed by atoms with van der Waals surface area (Å²) in [6, 6.07) is 1.67. The molecule has 0 aromatic carbocycles. The van der Waals surface area contributed by atoms with Crippen LogP contribution in [-0.4, -0.2) is 14.5 Å². The molecule has 0 saturated heterocycles. The normalized spacial score (nSPS) is 10.7. The Morgan fingerprint density at radius 1 is 1.78 bits per heavy atom. The molecule has 0 bridgehead atoms. The second kappa shape index (κ2) is 5.26. The summed E-state index contributed by atoms with van der Waals surface area (Å²) in [6.45, 7) is 0. The molecule has 0 aromatic rings. The van der Waals surface area contributed by atoms with Gasteiger partial charge in [0.2, 0.25) is 0 Å². The van der Waals surface area contributed by atoms with Gasteiger partial charge in [0.1, 0.15) is 0 Å². The molecule has 48 valence electrons. The molecule has 0 aliphatic carbocycles. The fraction of sp³-hybridized carbons (Fsp3) is 0.200. The van der Waals surface area contributed by atoms with Gasteiger partial charge in [0.15, 0.2) is 0 Å². The Morgan fingerprint density at radius 3 is 2.89 bits per heavy atom. The van der Waals surface area contributed by atoms with Crippen molar-refractivity contribution in [2.75, 3.05) is 5.75 Å². The monoisotopic (exact) mass is 142 g/mol. The van der Waals surface area contributed by atoms with Crippen LogP contribution in [0.15, 0.2) is 17.9 Å². The van der Waals surface area contributed by atoms with Crippen molar-refractivity contribution in [3.8, 4) is 6.07 Å². The zero-order valence-electron chi connectivity index (χ0n) is 4.53. The molecule has 4 heteroatoms. The van der Waals surface area contributed by atoms with Gasteiger partial charge in [-0.1, -0.05) is 11.1 Å². The predicted octanol–water partition coefficient (Wildman–Crippen LogP) is 0.100. The topological polar surface area (TPSA) is 63.9 Å². The Hall–Kier alpha value is -0.880. The lowest BCUT2D eigenvalue weighted by Gasteiger charge is -1.94. The average molecular weight is 142 g/mol. The van der Waals surface area contributed by atoms with Crippen LogP contribution in [0.5, 0.6) is 0 Å². The molecule has 0 spiro atoms. The largest absolute Gasteiger partial charge is 0.772 e. The maximum absolute atomic E-state index is 9.79. The number of hydrogen-bond donors (Lipinski definition) is 0. The van der Waals surface area contributed by atoms with Crippen molar-refractivity contribution in [1.29, 1.82) is 5.26 Å². The smallest absolute Gasteiger partial charge is 0.0996 e. The van der Waals surface area contributed by atoms with E-state index in [4.69, 9.17) is 5.26 Å². The maximum atomic E-state index is 9.79. The van der Waals surface area contributed by atoms with Crippen molar-refractivity contribution in [3.05, 3.63) is 17.9 Å². The lowest BCUT2D eigenvalue weighted by atomic mass is 10.6. The highest BCUT2D eigenvalue weighted by molar-refractivity contribution is 7.79. The first-order chi connectivity index (χ1) is 4.27. The quantitative estimate of drug-likeness (QED) is 0.312. The summed E-state index contributed by atoms with van der Waals surface area (Å²) < 4.78 is 19.6. The van der Waals surface area contributed by atoms with Crippen molar-refractivity contribution < 1.29 is 8.76 Å². The standard InChI is InChI=1S/C5H5NO2S/c6-4-2-1-3-5-9(7)8/h2-3H,5H2,(H,7,8)/p-1. The molecular weight excluding hydrogens is 138 g/mol. The SMILES string of the molecule is N#CC=C=CCS(=O)[O-]. The highest BCUT2D eigenvalue weighted by Gasteiger charge is 1.70. The summed E-state index contributed by atoms with van der Waals surface area (Å²) >= 11 is -2.07. The zero-order valence-corrected chi connectivity index (χ0v) is 5.35. The Balaban J connectivity index is 3.64. The van der Waals surface area contributed by atoms with Gasteiger partial charge < -0.3 is 4.55 Å². The second-order valence-corrected chi connectivity index (χ2v) is 2.06. The van der Waals surface area contributed by atoms with Crippen LogP contribution in [0.25, 0.3) is 0 Å². The van der Waals surface area contributed by atoms with E-state index in [1.165, 1.54) is 6.08 Å². The first-order valence-electron chi connectivity index (χ1n) is 2.12. The van der Waals surface area contributed by atoms with E-state index < -0.39 is 11.1 Å². The third-order valence-corrected chi connectivity index (χ3v) is 0.924. The van der Waals surface area contributed by atoms with Crippen molar-refractivity contribution in [1.82, 2.24) is 0 Å². The van der Waals surface area contributed by atoms with E-state index in [9.17, 15) is 8.76 Å². The molecule has 3 nitrogen and oxygen atoms in total. The molecule has 0 saturated carbocycles. The van der Waals surface area contributed by atoms with E-state index in [-0.39, 0.29) is 5.75 Å². The molecular formula is C5H4NO2S-. The summed E-state index contributed by atoms with van der Waals surface area (Å²) in [4.78, 5) is 0. The minimum absolute atomic E-state index is 0.0851. The van der Waals surface area contributed by atoms with Gasteiger partial charge in [-0.05, 0) is 6.08 Å². The van der Waals surface area contributed by atoms with Gasteiger partial charge in [-0.3, -0.25) is 4.21 Å². The zero-order chi connectivity index (χ0) is 7.11. The van der Waals surface area contributed by atoms with Crippen LogP contribution < -0.4 is 0 Å². The van der Waals surface area contributed by atoms with Crippen LogP contribution in [0.2, 0.25) is 0 Å². The molecule has 0 amide bonds. The summed E-state index contributed by atoms with van der Waals surface area (Å²) in [5.74, 6) is -0.0851. The van der Waals surface area contributed by atoms with E-state index in [0.717, 1.165) is 6.08 Å². The third kappa shape index (κ3) is 7.12. The van der Waals surface area contributed by atoms with E-state index in [1.54, 1.807) is 6.07 Å². The molecule has 1 unspecified atom stereocenters. The van der Waals surface area contributed by atoms with Crippen LogP contribution in [0.3, 0.4) is 0 Å². The van der Waals surface area contributed by atoms with Crippen LogP contribution in [0, 0.1) is 11.3 Å². The van der Waals surface area contributed by atoms with Gasteiger partial charge in [0.25, 0.3) is 0 Å². The van der Waals surface area contributed by atoms with Crippen molar-refractivity contribution >= 4 is 11.1 Å². The van der Waals surface area contributed by atoms with Crippen molar-refractivity contribution in [2.24, 2.45) is 0 Å². The van der Waals surface area contributed by atoms with Crippen LogP contribution >= 0.6 is 0 Å². The van der Waals surface area contributed by atoms with E-state index in [2.05, 4.69) is 5.73 Å². The van der Waals surface area contributed by atoms with Crippen molar-refractivity contribution in [3.63, 3.8) is 0 Å². The van der Waals surface area contributed by atoms with Gasteiger partial charge in [0, 0.05) is 5.75 Å². The van der Waals surface area contributed by atoms with Gasteiger partial charge in [0.05, 0.1) is 12.1 Å². The van der Waals surface area contributed by atoms with Gasteiger partial charge in [-0.2, -0.15) is 5.26 Å². The number of hydrogen-bond acceptors (Lipinski definition) is 3. The minimum atomic E-state index is -2.07. The molecule has 0 heterocycles. The average Bonchev–Trinajstić information content (AvgIpc) is 1.80. The van der Waals surface area contributed by atoms with Crippen LogP contribution in [-0.2, 0) is 11.1 Å². The lowest BCUT2D eigenvalue weighted by Crippen LogP contribution is -1.88. The van der Waals surface area contributed by atoms with Gasteiger partial charge in [-0.25, -0.2) is 0 Å². The fourth-order valence-electron chi connectivity index (χ4n) is 0.212. The molecule has 0 N–H and O–H groups in total. The van der Waals surface area contributed by atoms with E-state index in [1.807, 2.05) is 0 Å². The number of rotatable bonds is 2. The number of nitrogens with zero attached hydrogens (tertiary/aromatic N) is 1. The summed E-state index contributed by atoms with van der Waals surface area (Å²) in [6.07, 6.45) is 2.36. The lowest BCUT2D eigenvalue weighted by molar-refractivity contribution is 0.540. The second-order valence-electron chi connectivity index (χ2n) is 1.11. The summed E-state index contributed by atoms with van der Waals surface area (Å²) in [5, 5.41) is 7.89. The first kappa shape index (κ1) is 8.12. The minimum Gasteiger partial charge on any atom is -0.772 e. The Bertz CT molecular complexity index is 197.